The fourth-order valence-corrected chi connectivity index (χ4v) is 3.50. The molecule has 0 aliphatic rings. The van der Waals surface area contributed by atoms with E-state index in [4.69, 9.17) is 21.1 Å². The van der Waals surface area contributed by atoms with E-state index < -0.39 is 17.6 Å². The molecule has 5 nitrogen and oxygen atoms in total. The summed E-state index contributed by atoms with van der Waals surface area (Å²) in [6.07, 6.45) is -3.24. The first-order chi connectivity index (χ1) is 16.2. The van der Waals surface area contributed by atoms with Crippen LogP contribution in [0.4, 0.5) is 13.2 Å². The molecular formula is C24H19ClF3IN2O3. The lowest BCUT2D eigenvalue weighted by Crippen LogP contribution is -2.18. The topological polar surface area (TPSA) is 59.9 Å². The van der Waals surface area contributed by atoms with Crippen LogP contribution < -0.4 is 14.9 Å². The third-order valence-corrected chi connectivity index (χ3v) is 5.46. The fraction of sp³-hybridized carbons (Fsp3) is 0.167. The van der Waals surface area contributed by atoms with Crippen LogP contribution in [0.15, 0.2) is 65.8 Å². The summed E-state index contributed by atoms with van der Waals surface area (Å²) in [6, 6.07) is 15.1. The Balaban J connectivity index is 1.72. The Bertz CT molecular complexity index is 1190. The average molecular weight is 603 g/mol. The first-order valence-corrected chi connectivity index (χ1v) is 11.5. The molecule has 1 amide bonds. The van der Waals surface area contributed by atoms with Crippen LogP contribution in [0, 0.1) is 3.57 Å². The Morgan fingerprint density at radius 3 is 2.53 bits per heavy atom. The number of nitrogens with zero attached hydrogens (tertiary/aromatic N) is 1. The zero-order chi connectivity index (χ0) is 24.7. The van der Waals surface area contributed by atoms with Crippen molar-refractivity contribution in [2.75, 3.05) is 6.61 Å². The molecule has 3 aromatic rings. The van der Waals surface area contributed by atoms with E-state index in [2.05, 4.69) is 33.1 Å². The molecule has 0 aromatic heterocycles. The highest BCUT2D eigenvalue weighted by Crippen LogP contribution is 2.37. The summed E-state index contributed by atoms with van der Waals surface area (Å²) in [7, 11) is 0. The monoisotopic (exact) mass is 602 g/mol. The molecular weight excluding hydrogens is 584 g/mol. The molecule has 178 valence electrons. The standard InChI is InChI=1S/C24H19ClF3IN2O3/c1-2-33-21-11-16(10-20(25)22(21)34-14-15-6-8-19(29)9-7-15)13-30-31-23(32)17-4-3-5-18(12-17)24(26,27)28/h3-13H,2,14H2,1H3,(H,31,32)/b30-13-. The first-order valence-electron chi connectivity index (χ1n) is 10.0. The van der Waals surface area contributed by atoms with E-state index >= 15 is 0 Å². The summed E-state index contributed by atoms with van der Waals surface area (Å²) >= 11 is 8.62. The van der Waals surface area contributed by atoms with E-state index in [1.165, 1.54) is 12.3 Å². The maximum absolute atomic E-state index is 12.8. The smallest absolute Gasteiger partial charge is 0.416 e. The molecule has 1 N–H and O–H groups in total. The molecule has 0 saturated heterocycles. The van der Waals surface area contributed by atoms with Crippen LogP contribution in [0.1, 0.15) is 34.0 Å². The largest absolute Gasteiger partial charge is 0.490 e. The quantitative estimate of drug-likeness (QED) is 0.177. The summed E-state index contributed by atoms with van der Waals surface area (Å²) in [5.41, 5.74) is 2.58. The Morgan fingerprint density at radius 1 is 1.12 bits per heavy atom. The van der Waals surface area contributed by atoms with E-state index in [9.17, 15) is 18.0 Å². The van der Waals surface area contributed by atoms with E-state index in [0.717, 1.165) is 27.3 Å². The molecule has 0 atom stereocenters. The third kappa shape index (κ3) is 7.10. The highest BCUT2D eigenvalue weighted by atomic mass is 127. The number of alkyl halides is 3. The van der Waals surface area contributed by atoms with Gasteiger partial charge in [-0.15, -0.1) is 0 Å². The number of benzene rings is 3. The SMILES string of the molecule is CCOc1cc(/C=N\NC(=O)c2cccc(C(F)(F)F)c2)cc(Cl)c1OCc1ccc(I)cc1. The predicted molar refractivity (Wildman–Crippen MR) is 133 cm³/mol. The summed E-state index contributed by atoms with van der Waals surface area (Å²) in [5, 5.41) is 4.10. The summed E-state index contributed by atoms with van der Waals surface area (Å²) < 4.78 is 51.2. The number of carbonyl (C=O) groups excluding carboxylic acids is 1. The summed E-state index contributed by atoms with van der Waals surface area (Å²) in [6.45, 7) is 2.47. The van der Waals surface area contributed by atoms with Crippen LogP contribution in [0.25, 0.3) is 0 Å². The van der Waals surface area contributed by atoms with Crippen molar-refractivity contribution in [1.29, 1.82) is 0 Å². The Kier molecular flexibility index (Phi) is 8.78. The second-order valence-corrected chi connectivity index (χ2v) is 8.61. The van der Waals surface area contributed by atoms with Crippen LogP contribution in [0.2, 0.25) is 5.02 Å². The van der Waals surface area contributed by atoms with Crippen molar-refractivity contribution in [2.24, 2.45) is 5.10 Å². The molecule has 3 aromatic carbocycles. The molecule has 0 saturated carbocycles. The van der Waals surface area contributed by atoms with E-state index in [-0.39, 0.29) is 17.2 Å². The zero-order valence-electron chi connectivity index (χ0n) is 17.8. The Morgan fingerprint density at radius 2 is 1.85 bits per heavy atom. The van der Waals surface area contributed by atoms with Crippen LogP contribution in [-0.2, 0) is 12.8 Å². The zero-order valence-corrected chi connectivity index (χ0v) is 20.7. The van der Waals surface area contributed by atoms with Gasteiger partial charge in [-0.05, 0) is 83.1 Å². The molecule has 0 aliphatic carbocycles. The Labute approximate surface area is 213 Å². The van der Waals surface area contributed by atoms with Gasteiger partial charge < -0.3 is 9.47 Å². The van der Waals surface area contributed by atoms with E-state index in [0.29, 0.717) is 23.7 Å². The van der Waals surface area contributed by atoms with Crippen LogP contribution >= 0.6 is 34.2 Å². The van der Waals surface area contributed by atoms with E-state index in [1.807, 2.05) is 31.2 Å². The highest BCUT2D eigenvalue weighted by Gasteiger charge is 2.30. The van der Waals surface area contributed by atoms with Crippen molar-refractivity contribution in [3.8, 4) is 11.5 Å². The van der Waals surface area contributed by atoms with Gasteiger partial charge in [0.15, 0.2) is 11.5 Å². The van der Waals surface area contributed by atoms with Gasteiger partial charge in [-0.2, -0.15) is 18.3 Å². The second kappa shape index (κ2) is 11.6. The number of halogens is 5. The lowest BCUT2D eigenvalue weighted by molar-refractivity contribution is -0.137. The maximum Gasteiger partial charge on any atom is 0.416 e. The third-order valence-electron chi connectivity index (χ3n) is 4.46. The van der Waals surface area contributed by atoms with Gasteiger partial charge in [0, 0.05) is 9.13 Å². The average Bonchev–Trinajstić information content (AvgIpc) is 2.79. The minimum absolute atomic E-state index is 0.167. The van der Waals surface area contributed by atoms with Gasteiger partial charge in [0.05, 0.1) is 23.4 Å². The normalized spacial score (nSPS) is 11.5. The van der Waals surface area contributed by atoms with Gasteiger partial charge in [0.1, 0.15) is 6.61 Å². The van der Waals surface area contributed by atoms with Crippen molar-refractivity contribution in [1.82, 2.24) is 5.43 Å². The number of hydrazone groups is 1. The minimum atomic E-state index is -4.55. The molecule has 0 aliphatic heterocycles. The highest BCUT2D eigenvalue weighted by molar-refractivity contribution is 14.1. The summed E-state index contributed by atoms with van der Waals surface area (Å²) in [4.78, 5) is 12.2. The van der Waals surface area contributed by atoms with Gasteiger partial charge in [-0.3, -0.25) is 4.79 Å². The first kappa shape index (κ1) is 25.8. The number of amides is 1. The molecule has 3 rings (SSSR count). The van der Waals surface area contributed by atoms with Gasteiger partial charge in [0.25, 0.3) is 5.91 Å². The van der Waals surface area contributed by atoms with Crippen LogP contribution in [-0.4, -0.2) is 18.7 Å². The van der Waals surface area contributed by atoms with Gasteiger partial charge in [0.2, 0.25) is 0 Å². The molecule has 0 heterocycles. The van der Waals surface area contributed by atoms with Crippen LogP contribution in [0.5, 0.6) is 11.5 Å². The molecule has 0 fully saturated rings. The molecule has 10 heteroatoms. The molecule has 0 radical (unpaired) electrons. The number of carbonyl (C=O) groups is 1. The van der Waals surface area contributed by atoms with Gasteiger partial charge >= 0.3 is 6.18 Å². The molecule has 0 unspecified atom stereocenters. The number of ether oxygens (including phenoxy) is 2. The van der Waals surface area contributed by atoms with Crippen molar-refractivity contribution in [2.45, 2.75) is 19.7 Å². The summed E-state index contributed by atoms with van der Waals surface area (Å²) in [5.74, 6) is -0.0191. The van der Waals surface area contributed by atoms with Crippen molar-refractivity contribution in [3.63, 3.8) is 0 Å². The molecule has 0 bridgehead atoms. The number of nitrogens with one attached hydrogen (secondary N) is 1. The van der Waals surface area contributed by atoms with E-state index in [1.54, 1.807) is 12.1 Å². The van der Waals surface area contributed by atoms with Crippen LogP contribution in [0.3, 0.4) is 0 Å². The number of hydrogen-bond acceptors (Lipinski definition) is 4. The second-order valence-electron chi connectivity index (χ2n) is 6.96. The molecule has 0 spiro atoms. The molecule has 34 heavy (non-hydrogen) atoms. The lowest BCUT2D eigenvalue weighted by Gasteiger charge is -2.14. The van der Waals surface area contributed by atoms with Crippen molar-refractivity contribution < 1.29 is 27.4 Å². The fourth-order valence-electron chi connectivity index (χ4n) is 2.87. The van der Waals surface area contributed by atoms with Gasteiger partial charge in [-0.25, -0.2) is 5.43 Å². The van der Waals surface area contributed by atoms with Crippen molar-refractivity contribution in [3.05, 3.63) is 91.5 Å². The minimum Gasteiger partial charge on any atom is -0.490 e. The van der Waals surface area contributed by atoms with Crippen molar-refractivity contribution >= 4 is 46.3 Å². The number of hydrogen-bond donors (Lipinski definition) is 1. The maximum atomic E-state index is 12.8. The van der Waals surface area contributed by atoms with Gasteiger partial charge in [-0.1, -0.05) is 29.8 Å². The Hall–Kier alpha value is -2.79. The predicted octanol–water partition coefficient (Wildman–Crippen LogP) is 6.71. The lowest BCUT2D eigenvalue weighted by atomic mass is 10.1. The number of rotatable bonds is 8.